The summed E-state index contributed by atoms with van der Waals surface area (Å²) < 4.78 is 52.0. The Morgan fingerprint density at radius 2 is 1.70 bits per heavy atom. The molecule has 0 saturated carbocycles. The van der Waals surface area contributed by atoms with Gasteiger partial charge in [-0.15, -0.1) is 11.3 Å². The van der Waals surface area contributed by atoms with Gasteiger partial charge in [-0.3, -0.25) is 19.4 Å². The number of aryl methyl sites for hydroxylation is 1. The number of nitrogens with zero attached hydrogens (tertiary/aromatic N) is 4. The molecule has 0 atom stereocenters. The van der Waals surface area contributed by atoms with Crippen molar-refractivity contribution >= 4 is 34.8 Å². The van der Waals surface area contributed by atoms with Gasteiger partial charge < -0.3 is 4.74 Å². The molecule has 0 unspecified atom stereocenters. The van der Waals surface area contributed by atoms with E-state index in [9.17, 15) is 18.4 Å². The molecule has 3 aliphatic rings. The highest BCUT2D eigenvalue weighted by Crippen LogP contribution is 2.52. The van der Waals surface area contributed by atoms with Crippen molar-refractivity contribution in [2.75, 3.05) is 19.7 Å². The second-order valence-electron chi connectivity index (χ2n) is 11.2. The Morgan fingerprint density at radius 1 is 1.00 bits per heavy atom. The van der Waals surface area contributed by atoms with Crippen LogP contribution < -0.4 is 0 Å². The molecule has 1 fully saturated rings. The number of halogens is 4. The first-order valence-corrected chi connectivity index (χ1v) is 15.1. The van der Waals surface area contributed by atoms with Gasteiger partial charge in [-0.05, 0) is 44.0 Å². The van der Waals surface area contributed by atoms with E-state index >= 15 is 4.39 Å². The van der Waals surface area contributed by atoms with Gasteiger partial charge in [0.1, 0.15) is 23.7 Å². The highest BCUT2D eigenvalue weighted by molar-refractivity contribution is 7.16. The van der Waals surface area contributed by atoms with Gasteiger partial charge in [0.25, 0.3) is 17.7 Å². The largest absolute Gasteiger partial charge is 0.363 e. The number of hydrogen-bond donors (Lipinski definition) is 0. The lowest BCUT2D eigenvalue weighted by Crippen LogP contribution is -2.48. The van der Waals surface area contributed by atoms with E-state index < -0.39 is 35.8 Å². The van der Waals surface area contributed by atoms with Crippen LogP contribution in [0.4, 0.5) is 13.2 Å². The van der Waals surface area contributed by atoms with Gasteiger partial charge in [0.2, 0.25) is 0 Å². The summed E-state index contributed by atoms with van der Waals surface area (Å²) in [6, 6.07) is 12.5. The Morgan fingerprint density at radius 3 is 2.40 bits per heavy atom. The van der Waals surface area contributed by atoms with E-state index in [1.807, 2.05) is 6.92 Å². The lowest BCUT2D eigenvalue weighted by molar-refractivity contribution is -0.182. The summed E-state index contributed by atoms with van der Waals surface area (Å²) in [4.78, 5) is 29.8. The van der Waals surface area contributed by atoms with Crippen molar-refractivity contribution in [1.29, 1.82) is 0 Å². The molecule has 1 saturated heterocycles. The topological polar surface area (TPSA) is 67.7 Å². The molecule has 2 aromatic carbocycles. The summed E-state index contributed by atoms with van der Waals surface area (Å²) in [5.41, 5.74) is 2.05. The van der Waals surface area contributed by atoms with E-state index in [-0.39, 0.29) is 17.8 Å². The first kappa shape index (κ1) is 28.3. The van der Waals surface area contributed by atoms with Crippen molar-refractivity contribution < 1.29 is 27.5 Å². The lowest BCUT2D eigenvalue weighted by atomic mass is 9.84. The van der Waals surface area contributed by atoms with Crippen LogP contribution in [0.1, 0.15) is 60.8 Å². The fourth-order valence-corrected chi connectivity index (χ4v) is 7.77. The fourth-order valence-electron chi connectivity index (χ4n) is 6.29. The zero-order valence-electron chi connectivity index (χ0n) is 23.1. The average Bonchev–Trinajstić information content (AvgIpc) is 3.64. The van der Waals surface area contributed by atoms with Crippen molar-refractivity contribution in [2.45, 2.75) is 44.4 Å². The van der Waals surface area contributed by atoms with E-state index in [0.717, 1.165) is 21.8 Å². The molecule has 1 spiro atoms. The van der Waals surface area contributed by atoms with E-state index in [2.05, 4.69) is 10.00 Å². The van der Waals surface area contributed by atoms with E-state index in [1.165, 1.54) is 16.8 Å². The number of benzene rings is 2. The lowest BCUT2D eigenvalue weighted by Gasteiger charge is -2.45. The van der Waals surface area contributed by atoms with Gasteiger partial charge >= 0.3 is 0 Å². The van der Waals surface area contributed by atoms with E-state index in [0.29, 0.717) is 64.1 Å². The number of likely N-dealkylation sites (tertiary alicyclic amines) is 1. The first-order valence-electron chi connectivity index (χ1n) is 13.9. The van der Waals surface area contributed by atoms with Gasteiger partial charge in [-0.25, -0.2) is 9.07 Å². The summed E-state index contributed by atoms with van der Waals surface area (Å²) in [5, 5.41) is 4.59. The molecule has 43 heavy (non-hydrogen) atoms. The van der Waals surface area contributed by atoms with Gasteiger partial charge in [0, 0.05) is 47.4 Å². The zero-order chi connectivity index (χ0) is 30.1. The van der Waals surface area contributed by atoms with Crippen molar-refractivity contribution in [3.8, 4) is 5.69 Å². The molecule has 4 aromatic rings. The fraction of sp³-hybridized carbons (Fsp3) is 0.323. The third-order valence-corrected chi connectivity index (χ3v) is 10.1. The number of fused-ring (bicyclic) bond motifs is 3. The molecule has 0 aliphatic carbocycles. The Bertz CT molecular complexity index is 1740. The van der Waals surface area contributed by atoms with Crippen LogP contribution in [0.15, 0.2) is 54.7 Å². The predicted molar refractivity (Wildman–Crippen MR) is 154 cm³/mol. The summed E-state index contributed by atoms with van der Waals surface area (Å²) in [7, 11) is 0. The maximum atomic E-state index is 15.3. The molecule has 7 nitrogen and oxygen atoms in total. The van der Waals surface area contributed by atoms with Crippen LogP contribution in [0.3, 0.4) is 0 Å². The second kappa shape index (κ2) is 10.3. The number of imide groups is 1. The van der Waals surface area contributed by atoms with Gasteiger partial charge in [0.05, 0.1) is 27.7 Å². The number of hydrogen-bond acceptors (Lipinski definition) is 6. The molecule has 12 heteroatoms. The number of thiophene rings is 1. The van der Waals surface area contributed by atoms with Crippen LogP contribution in [-0.4, -0.2) is 51.1 Å². The van der Waals surface area contributed by atoms with Crippen LogP contribution in [0.5, 0.6) is 0 Å². The molecule has 0 radical (unpaired) electrons. The number of para-hydroxylation sites is 1. The number of amides is 2. The number of aromatic nitrogens is 2. The third-order valence-electron chi connectivity index (χ3n) is 8.60. The van der Waals surface area contributed by atoms with Gasteiger partial charge in [-0.2, -0.15) is 13.9 Å². The standard InChI is InChI=1S/C31H26ClF3N4O3S/c1-18-20(14-37-11-9-30(10-12-37)27-23(13-25(32)43-27)31(34,35)17-42-30)16-39(36-18)26-19(5-4-8-24(26)33)15-38-28(40)21-6-2-3-7-22(21)29(38)41/h2-8,13,16H,9-12,14-15,17H2,1H3. The predicted octanol–water partition coefficient (Wildman–Crippen LogP) is 6.44. The molecule has 2 aromatic heterocycles. The third kappa shape index (κ3) is 4.69. The van der Waals surface area contributed by atoms with E-state index in [1.54, 1.807) is 42.6 Å². The molecule has 7 rings (SSSR count). The van der Waals surface area contributed by atoms with Crippen molar-refractivity contribution in [3.05, 3.63) is 103 Å². The van der Waals surface area contributed by atoms with Gasteiger partial charge in [-0.1, -0.05) is 35.9 Å². The van der Waals surface area contributed by atoms with Crippen molar-refractivity contribution in [1.82, 2.24) is 19.6 Å². The Hall–Kier alpha value is -3.51. The molecule has 2 amide bonds. The Kier molecular flexibility index (Phi) is 6.77. The zero-order valence-corrected chi connectivity index (χ0v) is 24.7. The smallest absolute Gasteiger partial charge is 0.297 e. The molecule has 0 N–H and O–H groups in total. The SMILES string of the molecule is Cc1nn(-c2c(F)cccc2CN2C(=O)c3ccccc3C2=O)cc1CN1CCC2(CC1)OCC(F)(F)c1cc(Cl)sc12. The monoisotopic (exact) mass is 626 g/mol. The molecular weight excluding hydrogens is 601 g/mol. The van der Waals surface area contributed by atoms with Crippen LogP contribution in [0.25, 0.3) is 5.69 Å². The number of carbonyl (C=O) groups excluding carboxylic acids is 2. The second-order valence-corrected chi connectivity index (χ2v) is 12.9. The molecule has 3 aliphatic heterocycles. The Labute approximate surface area is 254 Å². The highest BCUT2D eigenvalue weighted by Gasteiger charge is 2.51. The first-order chi connectivity index (χ1) is 20.6. The molecule has 5 heterocycles. The summed E-state index contributed by atoms with van der Waals surface area (Å²) in [6.45, 7) is 2.82. The normalized spacial score (nSPS) is 19.2. The van der Waals surface area contributed by atoms with Gasteiger partial charge in [0.15, 0.2) is 0 Å². The summed E-state index contributed by atoms with van der Waals surface area (Å²) >= 11 is 7.30. The quantitative estimate of drug-likeness (QED) is 0.239. The minimum Gasteiger partial charge on any atom is -0.363 e. The Balaban J connectivity index is 1.10. The molecular formula is C31H26ClF3N4O3S. The average molecular weight is 627 g/mol. The minimum absolute atomic E-state index is 0.0266. The van der Waals surface area contributed by atoms with Crippen LogP contribution in [-0.2, 0) is 29.3 Å². The number of rotatable bonds is 5. The van der Waals surface area contributed by atoms with Crippen LogP contribution in [0, 0.1) is 12.7 Å². The number of ether oxygens (including phenoxy) is 1. The maximum absolute atomic E-state index is 15.3. The molecule has 222 valence electrons. The van der Waals surface area contributed by atoms with Crippen molar-refractivity contribution in [3.63, 3.8) is 0 Å². The van der Waals surface area contributed by atoms with Crippen LogP contribution >= 0.6 is 22.9 Å². The van der Waals surface area contributed by atoms with Crippen LogP contribution in [0.2, 0.25) is 4.34 Å². The highest BCUT2D eigenvalue weighted by atomic mass is 35.5. The summed E-state index contributed by atoms with van der Waals surface area (Å²) in [6.07, 6.45) is 2.84. The number of carbonyl (C=O) groups is 2. The molecule has 0 bridgehead atoms. The minimum atomic E-state index is -3.06. The maximum Gasteiger partial charge on any atom is 0.297 e. The number of alkyl halides is 2. The number of piperidine rings is 1. The summed E-state index contributed by atoms with van der Waals surface area (Å²) in [5.74, 6) is -4.42. The van der Waals surface area contributed by atoms with Crippen molar-refractivity contribution in [2.24, 2.45) is 0 Å². The van der Waals surface area contributed by atoms with E-state index in [4.69, 9.17) is 16.3 Å².